The number of nitrogen functional groups attached to an aromatic ring is 4. The first kappa shape index (κ1) is 81.3. The lowest BCUT2D eigenvalue weighted by molar-refractivity contribution is -0.122. The van der Waals surface area contributed by atoms with Crippen LogP contribution in [0, 0.1) is 132 Å². The van der Waals surface area contributed by atoms with E-state index in [0.29, 0.717) is 33.5 Å². The van der Waals surface area contributed by atoms with E-state index < -0.39 is 0 Å². The van der Waals surface area contributed by atoms with E-state index in [2.05, 4.69) is 168 Å². The summed E-state index contributed by atoms with van der Waals surface area (Å²) in [6.07, 6.45) is 32.8. The summed E-state index contributed by atoms with van der Waals surface area (Å²) in [7, 11) is 0. The molecule has 8 aliphatic rings. The van der Waals surface area contributed by atoms with Gasteiger partial charge in [0, 0.05) is 33.6 Å². The first-order valence-electron chi connectivity index (χ1n) is 45.2. The van der Waals surface area contributed by atoms with Crippen LogP contribution in [0.4, 0.5) is 22.7 Å². The molecule has 16 rings (SSSR count). The summed E-state index contributed by atoms with van der Waals surface area (Å²) >= 11 is 0. The van der Waals surface area contributed by atoms with Crippen LogP contribution in [0.5, 0.6) is 46.0 Å². The normalized spacial score (nSPS) is 29.6. The van der Waals surface area contributed by atoms with Gasteiger partial charge in [0.1, 0.15) is 46.0 Å². The third-order valence-electron chi connectivity index (χ3n) is 33.3. The Balaban J connectivity index is 0.000000180. The van der Waals surface area contributed by atoms with Gasteiger partial charge in [-0.15, -0.1) is 0 Å². The van der Waals surface area contributed by atoms with Gasteiger partial charge in [-0.3, -0.25) is 0 Å². The van der Waals surface area contributed by atoms with E-state index in [4.69, 9.17) is 41.9 Å². The average Bonchev–Trinajstić information content (AvgIpc) is 1.36. The molecule has 0 radical (unpaired) electrons. The number of benzene rings is 8. The van der Waals surface area contributed by atoms with Crippen molar-refractivity contribution < 1.29 is 18.9 Å². The summed E-state index contributed by atoms with van der Waals surface area (Å²) in [4.78, 5) is 0. The molecule has 16 atom stereocenters. The highest BCUT2D eigenvalue weighted by molar-refractivity contribution is 5.55. The van der Waals surface area contributed by atoms with E-state index in [9.17, 15) is 0 Å². The molecule has 0 aromatic heterocycles. The number of hydrogen-bond acceptors (Lipinski definition) is 8. The van der Waals surface area contributed by atoms with Gasteiger partial charge in [-0.05, 0) is 414 Å². The molecule has 8 aromatic rings. The lowest BCUT2D eigenvalue weighted by atomic mass is 9.42. The first-order chi connectivity index (χ1) is 54.6. The fourth-order valence-electron chi connectivity index (χ4n) is 26.8. The van der Waals surface area contributed by atoms with Crippen molar-refractivity contribution in [2.45, 2.75) is 262 Å². The molecule has 0 saturated heterocycles. The minimum absolute atomic E-state index is 0.0727. The molecular formula is C106H140N4O4. The van der Waals surface area contributed by atoms with Gasteiger partial charge in [0.25, 0.3) is 0 Å². The van der Waals surface area contributed by atoms with Crippen LogP contribution in [0.15, 0.2) is 170 Å². The quantitative estimate of drug-likeness (QED) is 0.0492. The zero-order valence-corrected chi connectivity index (χ0v) is 72.2. The van der Waals surface area contributed by atoms with Gasteiger partial charge < -0.3 is 41.9 Å². The van der Waals surface area contributed by atoms with E-state index in [1.54, 1.807) is 0 Å². The molecule has 8 heteroatoms. The maximum absolute atomic E-state index is 6.42. The number of nitrogens with two attached hydrogens (primary N) is 4. The topological polar surface area (TPSA) is 141 Å². The predicted octanol–water partition coefficient (Wildman–Crippen LogP) is 28.9. The lowest BCUT2D eigenvalue weighted by Gasteiger charge is -2.63. The zero-order valence-electron chi connectivity index (χ0n) is 72.2. The first-order valence-corrected chi connectivity index (χ1v) is 45.2. The second-order valence-corrected chi connectivity index (χ2v) is 40.5. The van der Waals surface area contributed by atoms with Crippen molar-refractivity contribution in [1.82, 2.24) is 0 Å². The summed E-state index contributed by atoms with van der Waals surface area (Å²) < 4.78 is 25.6. The van der Waals surface area contributed by atoms with Crippen molar-refractivity contribution in [3.63, 3.8) is 0 Å². The Morgan fingerprint density at radius 3 is 1.03 bits per heavy atom. The van der Waals surface area contributed by atoms with Gasteiger partial charge in [0.05, 0.1) is 0 Å². The van der Waals surface area contributed by atoms with Crippen LogP contribution in [-0.4, -0.2) is 0 Å². The Morgan fingerprint density at radius 1 is 0.316 bits per heavy atom. The second kappa shape index (κ2) is 32.9. The Hall–Kier alpha value is -7.84. The molecule has 16 unspecified atom stereocenters. The number of ether oxygens (including phenoxy) is 4. The largest absolute Gasteiger partial charge is 0.457 e. The van der Waals surface area contributed by atoms with E-state index >= 15 is 0 Å². The van der Waals surface area contributed by atoms with Crippen LogP contribution in [0.2, 0.25) is 0 Å². The molecule has 0 heterocycles. The standard InChI is InChI=1S/2C53H70N2O2/c1-34(2)9-8-10-35(3)46-23-24-47-45-22-11-40-33-53(30-29-51(40,6)48(45)27-28-52(46,47)7,38-12-25-49(36(4)31-38)56-43-18-14-41(54)15-19-43)39-13-26-50(37(5)32-39)57-44-20-16-42(55)17-21-44;1-34(2)9-8-10-35(3)46-23-24-47-45-22-15-40-33-53(30-29-51(40,6)48(45)27-28-52(46,47)7,38-11-16-41(17-12-38)56-43-20-25-49(54)36(4)31-43)39-13-18-42(19-14-39)57-44-21-26-50(55)37(5)32-44/h12-21,25-26,31-32,34-35,40,45-48H,8-11,22-24,27-30,33,54-55H2,1-7H3;11-14,16-21,25-26,31-32,34-35,40,45-48H,8-10,15,22-24,27-30,33,54-55H2,1-7H3. The van der Waals surface area contributed by atoms with E-state index in [1.165, 1.54) is 175 Å². The Labute approximate surface area is 687 Å². The van der Waals surface area contributed by atoms with Crippen LogP contribution in [0.1, 0.15) is 268 Å². The highest BCUT2D eigenvalue weighted by Gasteiger charge is 2.64. The fourth-order valence-corrected chi connectivity index (χ4v) is 26.8. The van der Waals surface area contributed by atoms with Crippen molar-refractivity contribution in [1.29, 1.82) is 0 Å². The molecule has 8 aromatic carbocycles. The van der Waals surface area contributed by atoms with Crippen LogP contribution in [0.25, 0.3) is 0 Å². The van der Waals surface area contributed by atoms with Crippen molar-refractivity contribution in [2.75, 3.05) is 22.9 Å². The van der Waals surface area contributed by atoms with E-state index in [-0.39, 0.29) is 10.8 Å². The lowest BCUT2D eigenvalue weighted by Crippen LogP contribution is -2.55. The van der Waals surface area contributed by atoms with Crippen molar-refractivity contribution in [3.05, 3.63) is 214 Å². The highest BCUT2D eigenvalue weighted by atomic mass is 16.5. The Kier molecular flexibility index (Phi) is 23.5. The zero-order chi connectivity index (χ0) is 80.2. The summed E-state index contributed by atoms with van der Waals surface area (Å²) in [5.74, 6) is 18.6. The Morgan fingerprint density at radius 2 is 0.658 bits per heavy atom. The maximum Gasteiger partial charge on any atom is 0.130 e. The van der Waals surface area contributed by atoms with Crippen molar-refractivity contribution >= 4 is 22.7 Å². The number of fused-ring (bicyclic) bond motifs is 10. The SMILES string of the molecule is Cc1cc(C2(c3ccc(Oc4ccc(N)cc4)c(C)c3)CCC3(C)C(CCC4C3CCC3(C)C(C(C)CCCC(C)C)CCC43)C2)ccc1Oc1ccc(N)cc1.Cc1cc(Oc2ccc(C3(c4ccc(Oc5ccc(N)c(C)c5)cc4)CCC4(C)C(CCC5C4CCC4(C)C(C(C)CCCC(C)C)CCC54)C3)cc2)ccc1N. The summed E-state index contributed by atoms with van der Waals surface area (Å²) in [6, 6.07) is 59.4. The number of rotatable bonds is 22. The third-order valence-corrected chi connectivity index (χ3v) is 33.3. The van der Waals surface area contributed by atoms with Crippen LogP contribution < -0.4 is 41.9 Å². The molecule has 0 spiro atoms. The monoisotopic (exact) mass is 1530 g/mol. The smallest absolute Gasteiger partial charge is 0.130 e. The van der Waals surface area contributed by atoms with Crippen LogP contribution in [-0.2, 0) is 10.8 Å². The van der Waals surface area contributed by atoms with Crippen molar-refractivity contribution in [2.24, 2.45) is 105 Å². The predicted molar refractivity (Wildman–Crippen MR) is 476 cm³/mol. The van der Waals surface area contributed by atoms with Gasteiger partial charge in [-0.25, -0.2) is 0 Å². The van der Waals surface area contributed by atoms with E-state index in [0.717, 1.165) is 164 Å². The van der Waals surface area contributed by atoms with Crippen LogP contribution >= 0.6 is 0 Å². The number of aryl methyl sites for hydroxylation is 4. The molecular weight excluding hydrogens is 1390 g/mol. The molecule has 8 nitrogen and oxygen atoms in total. The van der Waals surface area contributed by atoms with Gasteiger partial charge >= 0.3 is 0 Å². The summed E-state index contributed by atoms with van der Waals surface area (Å²) in [5, 5.41) is 0. The van der Waals surface area contributed by atoms with Crippen LogP contribution in [0.3, 0.4) is 0 Å². The third kappa shape index (κ3) is 15.9. The maximum atomic E-state index is 6.42. The van der Waals surface area contributed by atoms with Gasteiger partial charge in [-0.1, -0.05) is 156 Å². The molecule has 608 valence electrons. The molecule has 0 amide bonds. The molecule has 114 heavy (non-hydrogen) atoms. The average molecular weight is 1530 g/mol. The number of hydrogen-bond donors (Lipinski definition) is 4. The molecule has 0 bridgehead atoms. The van der Waals surface area contributed by atoms with Gasteiger partial charge in [-0.2, -0.15) is 0 Å². The van der Waals surface area contributed by atoms with Gasteiger partial charge in [0.15, 0.2) is 0 Å². The molecule has 8 saturated carbocycles. The number of anilines is 4. The second-order valence-electron chi connectivity index (χ2n) is 40.5. The molecule has 8 fully saturated rings. The molecule has 0 aliphatic heterocycles. The molecule has 8 N–H and O–H groups in total. The summed E-state index contributed by atoms with van der Waals surface area (Å²) in [5.41, 5.74) is 38.9. The highest BCUT2D eigenvalue weighted by Crippen LogP contribution is 2.73. The molecule has 8 aliphatic carbocycles. The van der Waals surface area contributed by atoms with Gasteiger partial charge in [0.2, 0.25) is 0 Å². The summed E-state index contributed by atoms with van der Waals surface area (Å²) in [6.45, 7) is 34.2. The minimum atomic E-state index is -0.0843. The Bertz CT molecular complexity index is 4430. The minimum Gasteiger partial charge on any atom is -0.457 e. The fraction of sp³-hybridized carbons (Fsp3) is 0.547. The van der Waals surface area contributed by atoms with Crippen molar-refractivity contribution in [3.8, 4) is 46.0 Å². The van der Waals surface area contributed by atoms with E-state index in [1.807, 2.05) is 98.8 Å².